The lowest BCUT2D eigenvalue weighted by molar-refractivity contribution is -0.164. The Morgan fingerprint density at radius 3 is 2.61 bits per heavy atom. The number of nitrogens with one attached hydrogen (secondary N) is 4. The quantitative estimate of drug-likeness (QED) is 0.400. The van der Waals surface area contributed by atoms with E-state index in [1.807, 2.05) is 11.8 Å². The summed E-state index contributed by atoms with van der Waals surface area (Å²) in [5.41, 5.74) is -1.61. The predicted octanol–water partition coefficient (Wildman–Crippen LogP) is 0.194. The SMILES string of the molecule is C=N[C@]12[C@H](C)O[C@H](C)CN1c1ccc(NC(=O)C=N)cc1CC21C(=O)NC(=O)NC1=O. The molecule has 2 saturated heterocycles. The predicted molar refractivity (Wildman–Crippen MR) is 111 cm³/mol. The van der Waals surface area contributed by atoms with Gasteiger partial charge < -0.3 is 20.4 Å². The molecule has 0 bridgehead atoms. The molecule has 3 atom stereocenters. The van der Waals surface area contributed by atoms with Crippen molar-refractivity contribution in [3.8, 4) is 0 Å². The fraction of sp³-hybridized carbons (Fsp3) is 0.400. The third-order valence-corrected chi connectivity index (χ3v) is 6.18. The number of carbonyl (C=O) groups excluding carboxylic acids is 4. The summed E-state index contributed by atoms with van der Waals surface area (Å²) in [5.74, 6) is -2.19. The van der Waals surface area contributed by atoms with Gasteiger partial charge in [0.1, 0.15) is 6.10 Å². The minimum absolute atomic E-state index is 0.0980. The largest absolute Gasteiger partial charge is 0.369 e. The summed E-state index contributed by atoms with van der Waals surface area (Å²) in [6.07, 6.45) is -0.392. The lowest BCUT2D eigenvalue weighted by Crippen LogP contribution is -2.81. The van der Waals surface area contributed by atoms with Crippen LogP contribution in [0.4, 0.5) is 16.2 Å². The molecule has 3 aliphatic heterocycles. The van der Waals surface area contributed by atoms with E-state index in [0.29, 0.717) is 29.7 Å². The van der Waals surface area contributed by atoms with Crippen LogP contribution < -0.4 is 20.9 Å². The fourth-order valence-electron chi connectivity index (χ4n) is 5.02. The maximum absolute atomic E-state index is 13.3. The van der Waals surface area contributed by atoms with Crippen molar-refractivity contribution in [2.75, 3.05) is 16.8 Å². The first kappa shape index (κ1) is 20.7. The van der Waals surface area contributed by atoms with Gasteiger partial charge in [-0.2, -0.15) is 0 Å². The average Bonchev–Trinajstić information content (AvgIpc) is 2.71. The van der Waals surface area contributed by atoms with Gasteiger partial charge in [-0.3, -0.25) is 30.0 Å². The minimum atomic E-state index is -1.83. The number of barbiturate groups is 1. The molecule has 4 N–H and O–H groups in total. The molecule has 31 heavy (non-hydrogen) atoms. The van der Waals surface area contributed by atoms with Crippen LogP contribution in [0.1, 0.15) is 19.4 Å². The Balaban J connectivity index is 1.96. The molecule has 1 aromatic rings. The molecular formula is C20H22N6O5. The second-order valence-electron chi connectivity index (χ2n) is 7.88. The average molecular weight is 426 g/mol. The van der Waals surface area contributed by atoms with Crippen molar-refractivity contribution in [1.29, 1.82) is 5.41 Å². The first-order valence-electron chi connectivity index (χ1n) is 9.72. The highest BCUT2D eigenvalue weighted by atomic mass is 16.5. The van der Waals surface area contributed by atoms with Gasteiger partial charge in [0.2, 0.25) is 11.8 Å². The molecule has 0 unspecified atom stereocenters. The van der Waals surface area contributed by atoms with Gasteiger partial charge >= 0.3 is 6.03 Å². The molecule has 5 amide bonds. The van der Waals surface area contributed by atoms with E-state index in [2.05, 4.69) is 27.7 Å². The van der Waals surface area contributed by atoms with Crippen molar-refractivity contribution in [3.63, 3.8) is 0 Å². The Morgan fingerprint density at radius 1 is 1.32 bits per heavy atom. The number of ether oxygens (including phenoxy) is 1. The van der Waals surface area contributed by atoms with E-state index in [0.717, 1.165) is 0 Å². The third-order valence-electron chi connectivity index (χ3n) is 6.18. The number of hydrogen-bond acceptors (Lipinski definition) is 8. The van der Waals surface area contributed by atoms with Crippen molar-refractivity contribution in [2.45, 2.75) is 38.1 Å². The fourth-order valence-corrected chi connectivity index (χ4v) is 5.02. The summed E-state index contributed by atoms with van der Waals surface area (Å²) in [6.45, 7) is 7.62. The van der Waals surface area contributed by atoms with E-state index in [-0.39, 0.29) is 12.5 Å². The van der Waals surface area contributed by atoms with Crippen molar-refractivity contribution >= 4 is 48.1 Å². The molecule has 1 aromatic carbocycles. The summed E-state index contributed by atoms with van der Waals surface area (Å²) in [7, 11) is 0. The van der Waals surface area contributed by atoms with Crippen molar-refractivity contribution in [3.05, 3.63) is 23.8 Å². The van der Waals surface area contributed by atoms with Crippen LogP contribution in [0.2, 0.25) is 0 Å². The highest BCUT2D eigenvalue weighted by molar-refractivity contribution is 6.30. The molecule has 1 spiro atoms. The number of fused-ring (bicyclic) bond motifs is 4. The number of rotatable bonds is 3. The van der Waals surface area contributed by atoms with Crippen LogP contribution in [0, 0.1) is 10.8 Å². The van der Waals surface area contributed by atoms with Crippen LogP contribution in [0.15, 0.2) is 23.2 Å². The number of benzene rings is 1. The maximum Gasteiger partial charge on any atom is 0.328 e. The lowest BCUT2D eigenvalue weighted by atomic mass is 9.62. The van der Waals surface area contributed by atoms with Gasteiger partial charge in [-0.15, -0.1) is 0 Å². The molecule has 3 aliphatic rings. The molecule has 4 rings (SSSR count). The second kappa shape index (κ2) is 6.98. The number of morpholine rings is 1. The summed E-state index contributed by atoms with van der Waals surface area (Å²) in [4.78, 5) is 56.2. The van der Waals surface area contributed by atoms with Gasteiger partial charge in [-0.05, 0) is 44.3 Å². The van der Waals surface area contributed by atoms with Crippen LogP contribution >= 0.6 is 0 Å². The van der Waals surface area contributed by atoms with Crippen LogP contribution in [0.3, 0.4) is 0 Å². The van der Waals surface area contributed by atoms with Gasteiger partial charge in [-0.1, -0.05) is 0 Å². The minimum Gasteiger partial charge on any atom is -0.369 e. The zero-order chi connectivity index (χ0) is 22.6. The number of urea groups is 1. The zero-order valence-electron chi connectivity index (χ0n) is 17.0. The third kappa shape index (κ3) is 2.69. The van der Waals surface area contributed by atoms with E-state index in [1.165, 1.54) is 0 Å². The molecule has 162 valence electrons. The highest BCUT2D eigenvalue weighted by Crippen LogP contribution is 2.54. The van der Waals surface area contributed by atoms with E-state index in [4.69, 9.17) is 10.1 Å². The number of nitrogens with zero attached hydrogens (tertiary/aromatic N) is 2. The number of anilines is 2. The van der Waals surface area contributed by atoms with Crippen molar-refractivity contribution in [2.24, 2.45) is 10.4 Å². The second-order valence-corrected chi connectivity index (χ2v) is 7.88. The molecule has 0 radical (unpaired) electrons. The molecule has 0 saturated carbocycles. The van der Waals surface area contributed by atoms with E-state index in [9.17, 15) is 19.2 Å². The highest BCUT2D eigenvalue weighted by Gasteiger charge is 2.72. The number of carbonyl (C=O) groups is 4. The van der Waals surface area contributed by atoms with E-state index in [1.54, 1.807) is 25.1 Å². The van der Waals surface area contributed by atoms with Gasteiger partial charge in [0, 0.05) is 24.3 Å². The van der Waals surface area contributed by atoms with Crippen LogP contribution in [0.5, 0.6) is 0 Å². The smallest absolute Gasteiger partial charge is 0.328 e. The van der Waals surface area contributed by atoms with Gasteiger partial charge in [-0.25, -0.2) is 4.79 Å². The number of aliphatic imine (C=N–C) groups is 1. The monoisotopic (exact) mass is 426 g/mol. The van der Waals surface area contributed by atoms with Crippen LogP contribution in [0.25, 0.3) is 0 Å². The summed E-state index contributed by atoms with van der Waals surface area (Å²) in [5, 5.41) is 14.0. The molecule has 2 fully saturated rings. The van der Waals surface area contributed by atoms with Crippen molar-refractivity contribution in [1.82, 2.24) is 10.6 Å². The summed E-state index contributed by atoms with van der Waals surface area (Å²) >= 11 is 0. The Morgan fingerprint density at radius 2 is 2.00 bits per heavy atom. The topological polar surface area (TPSA) is 153 Å². The molecular weight excluding hydrogens is 404 g/mol. The number of imide groups is 2. The normalized spacial score (nSPS) is 28.7. The summed E-state index contributed by atoms with van der Waals surface area (Å²) in [6, 6.07) is 4.17. The van der Waals surface area contributed by atoms with Crippen LogP contribution in [-0.4, -0.2) is 61.1 Å². The Labute approximate surface area is 177 Å². The Bertz CT molecular complexity index is 1020. The van der Waals surface area contributed by atoms with Gasteiger partial charge in [0.05, 0.1) is 12.3 Å². The first-order valence-corrected chi connectivity index (χ1v) is 9.72. The van der Waals surface area contributed by atoms with E-state index < -0.39 is 40.9 Å². The molecule has 3 heterocycles. The standard InChI is InChI=1S/C20H22N6O5/c1-10-9-26-14-5-4-13(23-15(27)8-21)6-12(14)7-19(20(26,22-3)11(2)31-10)16(28)24-18(30)25-17(19)29/h4-6,8,10-11,21H,3,7,9H2,1-2H3,(H,23,27)(H2,24,25,28,29,30)/t10-,11+,20-/m1/s1. The molecule has 11 nitrogen and oxygen atoms in total. The molecule has 11 heteroatoms. The zero-order valence-corrected chi connectivity index (χ0v) is 17.0. The van der Waals surface area contributed by atoms with Gasteiger partial charge in [0.15, 0.2) is 11.1 Å². The maximum atomic E-state index is 13.3. The van der Waals surface area contributed by atoms with Crippen LogP contribution in [-0.2, 0) is 25.5 Å². The summed E-state index contributed by atoms with van der Waals surface area (Å²) < 4.78 is 6.00. The molecule has 0 aromatic heterocycles. The Hall–Kier alpha value is -3.60. The molecule has 0 aliphatic carbocycles. The van der Waals surface area contributed by atoms with Gasteiger partial charge in [0.25, 0.3) is 5.91 Å². The Kier molecular flexibility index (Phi) is 4.65. The lowest BCUT2D eigenvalue weighted by Gasteiger charge is -2.61. The number of hydrogen-bond donors (Lipinski definition) is 4. The number of amides is 5. The van der Waals surface area contributed by atoms with Crippen molar-refractivity contribution < 1.29 is 23.9 Å². The van der Waals surface area contributed by atoms with E-state index >= 15 is 0 Å². The first-order chi connectivity index (χ1) is 14.7.